The zero-order valence-electron chi connectivity index (χ0n) is 10.2. The molecule has 2 heteroatoms. The Morgan fingerprint density at radius 3 is 2.76 bits per heavy atom. The molecule has 1 aromatic rings. The fraction of sp³-hybridized carbons (Fsp3) is 0.600. The SMILES string of the molecule is O[C@H]1CCCC[C@@H]1NC1CCc2ccccc21. The Morgan fingerprint density at radius 1 is 1.06 bits per heavy atom. The van der Waals surface area contributed by atoms with E-state index in [-0.39, 0.29) is 6.10 Å². The van der Waals surface area contributed by atoms with Gasteiger partial charge in [-0.1, -0.05) is 37.1 Å². The van der Waals surface area contributed by atoms with Gasteiger partial charge in [-0.15, -0.1) is 0 Å². The molecule has 0 aliphatic heterocycles. The van der Waals surface area contributed by atoms with Crippen molar-refractivity contribution >= 4 is 0 Å². The van der Waals surface area contributed by atoms with Crippen LogP contribution < -0.4 is 5.32 Å². The molecule has 0 spiro atoms. The van der Waals surface area contributed by atoms with Gasteiger partial charge in [-0.05, 0) is 36.8 Å². The van der Waals surface area contributed by atoms with Crippen molar-refractivity contribution in [3.63, 3.8) is 0 Å². The minimum absolute atomic E-state index is 0.142. The molecule has 0 radical (unpaired) electrons. The molecule has 92 valence electrons. The van der Waals surface area contributed by atoms with Crippen LogP contribution in [0.5, 0.6) is 0 Å². The summed E-state index contributed by atoms with van der Waals surface area (Å²) in [6, 6.07) is 9.47. The number of rotatable bonds is 2. The maximum Gasteiger partial charge on any atom is 0.0693 e. The van der Waals surface area contributed by atoms with Crippen molar-refractivity contribution in [1.29, 1.82) is 0 Å². The number of hydrogen-bond donors (Lipinski definition) is 2. The quantitative estimate of drug-likeness (QED) is 0.820. The van der Waals surface area contributed by atoms with Gasteiger partial charge in [0.1, 0.15) is 0 Å². The van der Waals surface area contributed by atoms with E-state index < -0.39 is 0 Å². The third-order valence-electron chi connectivity index (χ3n) is 4.28. The highest BCUT2D eigenvalue weighted by Gasteiger charge is 2.28. The predicted octanol–water partition coefficient (Wildman–Crippen LogP) is 2.57. The lowest BCUT2D eigenvalue weighted by atomic mass is 9.91. The molecule has 0 amide bonds. The molecular weight excluding hydrogens is 210 g/mol. The Morgan fingerprint density at radius 2 is 1.88 bits per heavy atom. The summed E-state index contributed by atoms with van der Waals surface area (Å²) in [4.78, 5) is 0. The number of hydrogen-bond acceptors (Lipinski definition) is 2. The van der Waals surface area contributed by atoms with Crippen molar-refractivity contribution in [1.82, 2.24) is 5.32 Å². The van der Waals surface area contributed by atoms with Crippen LogP contribution in [-0.4, -0.2) is 17.3 Å². The van der Waals surface area contributed by atoms with Gasteiger partial charge < -0.3 is 10.4 Å². The van der Waals surface area contributed by atoms with Crippen molar-refractivity contribution in [2.45, 2.75) is 56.7 Å². The van der Waals surface area contributed by atoms with Gasteiger partial charge in [0.25, 0.3) is 0 Å². The first-order valence-electron chi connectivity index (χ1n) is 6.86. The molecule has 2 aliphatic carbocycles. The minimum Gasteiger partial charge on any atom is -0.392 e. The third-order valence-corrected chi connectivity index (χ3v) is 4.28. The highest BCUT2D eigenvalue weighted by molar-refractivity contribution is 5.34. The number of aryl methyl sites for hydroxylation is 1. The van der Waals surface area contributed by atoms with Crippen LogP contribution in [0.25, 0.3) is 0 Å². The molecule has 1 fully saturated rings. The molecule has 17 heavy (non-hydrogen) atoms. The second kappa shape index (κ2) is 4.79. The summed E-state index contributed by atoms with van der Waals surface area (Å²) in [5.74, 6) is 0. The van der Waals surface area contributed by atoms with Crippen LogP contribution in [0, 0.1) is 0 Å². The maximum absolute atomic E-state index is 10.0. The number of nitrogens with one attached hydrogen (secondary N) is 1. The van der Waals surface area contributed by atoms with Gasteiger partial charge in [-0.3, -0.25) is 0 Å². The lowest BCUT2D eigenvalue weighted by Crippen LogP contribution is -2.43. The van der Waals surface area contributed by atoms with Crippen LogP contribution in [0.15, 0.2) is 24.3 Å². The molecule has 2 aliphatic rings. The molecule has 0 aromatic heterocycles. The molecule has 2 N–H and O–H groups in total. The molecule has 3 rings (SSSR count). The molecule has 2 nitrogen and oxygen atoms in total. The van der Waals surface area contributed by atoms with Crippen LogP contribution in [-0.2, 0) is 6.42 Å². The fourth-order valence-electron chi connectivity index (χ4n) is 3.29. The maximum atomic E-state index is 10.0. The van der Waals surface area contributed by atoms with Crippen molar-refractivity contribution in [3.05, 3.63) is 35.4 Å². The minimum atomic E-state index is -0.142. The zero-order chi connectivity index (χ0) is 11.7. The van der Waals surface area contributed by atoms with Crippen molar-refractivity contribution < 1.29 is 5.11 Å². The summed E-state index contributed by atoms with van der Waals surface area (Å²) in [7, 11) is 0. The predicted molar refractivity (Wildman–Crippen MR) is 68.9 cm³/mol. The molecule has 1 unspecified atom stereocenters. The number of aliphatic hydroxyl groups excluding tert-OH is 1. The Hall–Kier alpha value is -0.860. The van der Waals surface area contributed by atoms with Gasteiger partial charge in [0.15, 0.2) is 0 Å². The first kappa shape index (κ1) is 11.2. The highest BCUT2D eigenvalue weighted by atomic mass is 16.3. The summed E-state index contributed by atoms with van der Waals surface area (Å²) in [5, 5.41) is 13.7. The first-order chi connectivity index (χ1) is 8.34. The molecule has 3 atom stereocenters. The smallest absolute Gasteiger partial charge is 0.0693 e. The largest absolute Gasteiger partial charge is 0.392 e. The van der Waals surface area contributed by atoms with Crippen LogP contribution in [0.1, 0.15) is 49.3 Å². The topological polar surface area (TPSA) is 32.3 Å². The summed E-state index contributed by atoms with van der Waals surface area (Å²) in [5.41, 5.74) is 2.93. The third kappa shape index (κ3) is 2.24. The van der Waals surface area contributed by atoms with E-state index in [0.717, 1.165) is 12.8 Å². The van der Waals surface area contributed by atoms with Gasteiger partial charge in [0.2, 0.25) is 0 Å². The molecule has 1 saturated carbocycles. The Bertz CT molecular complexity index is 390. The van der Waals surface area contributed by atoms with Gasteiger partial charge in [0.05, 0.1) is 6.10 Å². The Balaban J connectivity index is 1.70. The van der Waals surface area contributed by atoms with Crippen LogP contribution in [0.4, 0.5) is 0 Å². The highest BCUT2D eigenvalue weighted by Crippen LogP contribution is 2.32. The van der Waals surface area contributed by atoms with E-state index in [4.69, 9.17) is 0 Å². The Kier molecular flexibility index (Phi) is 3.17. The summed E-state index contributed by atoms with van der Waals surface area (Å²) < 4.78 is 0. The molecule has 0 bridgehead atoms. The molecular formula is C15H21NO. The number of aliphatic hydroxyl groups is 1. The monoisotopic (exact) mass is 231 g/mol. The fourth-order valence-corrected chi connectivity index (χ4v) is 3.29. The lowest BCUT2D eigenvalue weighted by Gasteiger charge is -2.31. The molecule has 1 aromatic carbocycles. The lowest BCUT2D eigenvalue weighted by molar-refractivity contribution is 0.0848. The van der Waals surface area contributed by atoms with E-state index in [1.807, 2.05) is 0 Å². The van der Waals surface area contributed by atoms with Crippen molar-refractivity contribution in [3.8, 4) is 0 Å². The normalized spacial score (nSPS) is 32.4. The van der Waals surface area contributed by atoms with Crippen LogP contribution >= 0.6 is 0 Å². The first-order valence-corrected chi connectivity index (χ1v) is 6.86. The van der Waals surface area contributed by atoms with E-state index in [0.29, 0.717) is 12.1 Å². The van der Waals surface area contributed by atoms with E-state index in [1.165, 1.54) is 36.8 Å². The van der Waals surface area contributed by atoms with Crippen molar-refractivity contribution in [2.75, 3.05) is 0 Å². The molecule has 0 saturated heterocycles. The number of benzene rings is 1. The Labute approximate surface area is 103 Å². The van der Waals surface area contributed by atoms with Crippen molar-refractivity contribution in [2.24, 2.45) is 0 Å². The summed E-state index contributed by atoms with van der Waals surface area (Å²) in [6.45, 7) is 0. The van der Waals surface area contributed by atoms with E-state index in [9.17, 15) is 5.11 Å². The molecule has 0 heterocycles. The standard InChI is InChI=1S/C15H21NO/c17-15-8-4-3-7-14(15)16-13-10-9-11-5-1-2-6-12(11)13/h1-2,5-6,13-17H,3-4,7-10H2/t13?,14-,15-/m0/s1. The second-order valence-electron chi connectivity index (χ2n) is 5.42. The van der Waals surface area contributed by atoms with Crippen LogP contribution in [0.2, 0.25) is 0 Å². The van der Waals surface area contributed by atoms with Gasteiger partial charge >= 0.3 is 0 Å². The second-order valence-corrected chi connectivity index (χ2v) is 5.42. The average molecular weight is 231 g/mol. The van der Waals surface area contributed by atoms with E-state index >= 15 is 0 Å². The number of fused-ring (bicyclic) bond motifs is 1. The average Bonchev–Trinajstić information content (AvgIpc) is 2.76. The summed E-state index contributed by atoms with van der Waals surface area (Å²) >= 11 is 0. The van der Waals surface area contributed by atoms with E-state index in [1.54, 1.807) is 0 Å². The zero-order valence-corrected chi connectivity index (χ0v) is 10.2. The van der Waals surface area contributed by atoms with Crippen LogP contribution in [0.3, 0.4) is 0 Å². The van der Waals surface area contributed by atoms with Gasteiger partial charge in [-0.25, -0.2) is 0 Å². The summed E-state index contributed by atoms with van der Waals surface area (Å²) in [6.07, 6.45) is 6.74. The van der Waals surface area contributed by atoms with Gasteiger partial charge in [0, 0.05) is 12.1 Å². The van der Waals surface area contributed by atoms with Gasteiger partial charge in [-0.2, -0.15) is 0 Å². The van der Waals surface area contributed by atoms with E-state index in [2.05, 4.69) is 29.6 Å².